The maximum absolute atomic E-state index is 12.8. The fraction of sp³-hybridized carbons (Fsp3) is 0.261. The van der Waals surface area contributed by atoms with Gasteiger partial charge in [0.2, 0.25) is 0 Å². The van der Waals surface area contributed by atoms with E-state index in [4.69, 9.17) is 21.6 Å². The summed E-state index contributed by atoms with van der Waals surface area (Å²) in [5, 5.41) is 14.7. The molecular formula is C23H21ClN4O4. The number of aryl methyl sites for hydroxylation is 2. The van der Waals surface area contributed by atoms with Crippen LogP contribution in [0, 0.1) is 18.3 Å². The Labute approximate surface area is 189 Å². The number of hydrogen-bond acceptors (Lipinski definition) is 6. The number of nitrogens with zero attached hydrogens (tertiary/aromatic N) is 4. The molecule has 2 aromatic carbocycles. The fourth-order valence-electron chi connectivity index (χ4n) is 3.27. The summed E-state index contributed by atoms with van der Waals surface area (Å²) >= 11 is 6.06. The summed E-state index contributed by atoms with van der Waals surface area (Å²) in [5.74, 6) is -1.12. The monoisotopic (exact) mass is 452 g/mol. The lowest BCUT2D eigenvalue weighted by molar-refractivity contribution is -0.147. The second-order valence-electron chi connectivity index (χ2n) is 7.15. The molecule has 164 valence electrons. The average Bonchev–Trinajstić information content (AvgIpc) is 2.78. The van der Waals surface area contributed by atoms with Crippen molar-refractivity contribution in [2.45, 2.75) is 19.8 Å². The number of carbonyl (C=O) groups is 2. The molecule has 3 rings (SSSR count). The Morgan fingerprint density at radius 3 is 2.62 bits per heavy atom. The van der Waals surface area contributed by atoms with Crippen molar-refractivity contribution in [3.05, 3.63) is 69.1 Å². The molecule has 0 aliphatic carbocycles. The molecule has 0 aliphatic rings. The Hall–Kier alpha value is -3.70. The fourth-order valence-corrected chi connectivity index (χ4v) is 3.39. The van der Waals surface area contributed by atoms with E-state index in [0.29, 0.717) is 27.2 Å². The van der Waals surface area contributed by atoms with Gasteiger partial charge in [0.1, 0.15) is 0 Å². The second kappa shape index (κ2) is 10.1. The van der Waals surface area contributed by atoms with Crippen LogP contribution in [-0.2, 0) is 27.8 Å². The molecule has 8 nitrogen and oxygen atoms in total. The van der Waals surface area contributed by atoms with Gasteiger partial charge in [0.25, 0.3) is 11.5 Å². The Balaban J connectivity index is 1.73. The lowest BCUT2D eigenvalue weighted by Crippen LogP contribution is -2.35. The SMILES string of the molecule is Cc1cc(N(CCC#N)C(=O)COC(=O)Cc2nn(C)c(=O)c3ccccc23)ccc1Cl. The topological polar surface area (TPSA) is 105 Å². The normalized spacial score (nSPS) is 10.6. The van der Waals surface area contributed by atoms with Crippen molar-refractivity contribution < 1.29 is 14.3 Å². The predicted molar refractivity (Wildman–Crippen MR) is 120 cm³/mol. The third-order valence-electron chi connectivity index (χ3n) is 4.90. The van der Waals surface area contributed by atoms with E-state index in [1.165, 1.54) is 16.6 Å². The molecule has 1 aromatic heterocycles. The number of hydrogen-bond donors (Lipinski definition) is 0. The van der Waals surface area contributed by atoms with E-state index in [1.807, 2.05) is 13.0 Å². The van der Waals surface area contributed by atoms with Gasteiger partial charge in [0.15, 0.2) is 6.61 Å². The van der Waals surface area contributed by atoms with Crippen molar-refractivity contribution >= 4 is 39.9 Å². The van der Waals surface area contributed by atoms with Gasteiger partial charge in [-0.1, -0.05) is 29.8 Å². The van der Waals surface area contributed by atoms with E-state index in [1.54, 1.807) is 42.5 Å². The first-order valence-electron chi connectivity index (χ1n) is 9.86. The van der Waals surface area contributed by atoms with Gasteiger partial charge in [-0.25, -0.2) is 4.68 Å². The molecule has 0 atom stereocenters. The van der Waals surface area contributed by atoms with E-state index in [0.717, 1.165) is 5.56 Å². The highest BCUT2D eigenvalue weighted by molar-refractivity contribution is 6.31. The minimum Gasteiger partial charge on any atom is -0.455 e. The van der Waals surface area contributed by atoms with Gasteiger partial charge in [-0.15, -0.1) is 0 Å². The zero-order chi connectivity index (χ0) is 23.3. The number of fused-ring (bicyclic) bond motifs is 1. The number of carbonyl (C=O) groups excluding carboxylic acids is 2. The van der Waals surface area contributed by atoms with Crippen LogP contribution < -0.4 is 10.5 Å². The minimum atomic E-state index is -0.651. The van der Waals surface area contributed by atoms with Gasteiger partial charge >= 0.3 is 5.97 Å². The van der Waals surface area contributed by atoms with Gasteiger partial charge in [-0.05, 0) is 36.8 Å². The lowest BCUT2D eigenvalue weighted by atomic mass is 10.1. The van der Waals surface area contributed by atoms with Crippen LogP contribution in [0.4, 0.5) is 5.69 Å². The van der Waals surface area contributed by atoms with Crippen LogP contribution in [0.1, 0.15) is 17.7 Å². The van der Waals surface area contributed by atoms with Gasteiger partial charge in [0, 0.05) is 29.7 Å². The zero-order valence-electron chi connectivity index (χ0n) is 17.7. The van der Waals surface area contributed by atoms with Crippen LogP contribution in [0.3, 0.4) is 0 Å². The summed E-state index contributed by atoms with van der Waals surface area (Å²) in [6.07, 6.45) is -0.0739. The van der Waals surface area contributed by atoms with Gasteiger partial charge in [0.05, 0.1) is 30.0 Å². The molecule has 0 fully saturated rings. The first-order chi connectivity index (χ1) is 15.3. The van der Waals surface area contributed by atoms with E-state index in [-0.39, 0.29) is 24.9 Å². The smallest absolute Gasteiger partial charge is 0.312 e. The Morgan fingerprint density at radius 2 is 1.94 bits per heavy atom. The number of aromatic nitrogens is 2. The molecule has 1 heterocycles. The molecule has 3 aromatic rings. The molecule has 0 saturated carbocycles. The number of rotatable bonds is 7. The van der Waals surface area contributed by atoms with Crippen LogP contribution >= 0.6 is 11.6 Å². The first kappa shape index (κ1) is 23.0. The Bertz CT molecular complexity index is 1280. The van der Waals surface area contributed by atoms with Gasteiger partial charge in [-0.3, -0.25) is 14.4 Å². The highest BCUT2D eigenvalue weighted by atomic mass is 35.5. The highest BCUT2D eigenvalue weighted by Crippen LogP contribution is 2.23. The van der Waals surface area contributed by atoms with Crippen LogP contribution in [0.25, 0.3) is 10.8 Å². The first-order valence-corrected chi connectivity index (χ1v) is 10.2. The standard InChI is InChI=1S/C23H21ClN4O4/c1-15-12-16(8-9-19(15)24)28(11-5-10-25)21(29)14-32-22(30)13-20-17-6-3-4-7-18(17)23(31)27(2)26-20/h3-4,6-9,12H,5,11,13-14H2,1-2H3. The quantitative estimate of drug-likeness (QED) is 0.510. The largest absolute Gasteiger partial charge is 0.455 e. The van der Waals surface area contributed by atoms with E-state index >= 15 is 0 Å². The molecule has 0 saturated heterocycles. The summed E-state index contributed by atoms with van der Waals surface area (Å²) in [4.78, 5) is 38.8. The molecule has 0 unspecified atom stereocenters. The molecule has 0 aliphatic heterocycles. The van der Waals surface area contributed by atoms with Crippen molar-refractivity contribution in [2.75, 3.05) is 18.1 Å². The molecule has 0 N–H and O–H groups in total. The average molecular weight is 453 g/mol. The summed E-state index contributed by atoms with van der Waals surface area (Å²) in [7, 11) is 1.51. The minimum absolute atomic E-state index is 0.120. The summed E-state index contributed by atoms with van der Waals surface area (Å²) in [5.41, 5.74) is 1.46. The van der Waals surface area contributed by atoms with Crippen molar-refractivity contribution in [1.29, 1.82) is 5.26 Å². The van der Waals surface area contributed by atoms with E-state index < -0.39 is 18.5 Å². The van der Waals surface area contributed by atoms with Crippen molar-refractivity contribution in [2.24, 2.45) is 7.05 Å². The number of esters is 1. The third-order valence-corrected chi connectivity index (χ3v) is 5.33. The van der Waals surface area contributed by atoms with Crippen molar-refractivity contribution in [3.63, 3.8) is 0 Å². The van der Waals surface area contributed by atoms with Gasteiger partial charge in [-0.2, -0.15) is 10.4 Å². The van der Waals surface area contributed by atoms with E-state index in [2.05, 4.69) is 5.10 Å². The second-order valence-corrected chi connectivity index (χ2v) is 7.55. The zero-order valence-corrected chi connectivity index (χ0v) is 18.4. The van der Waals surface area contributed by atoms with E-state index in [9.17, 15) is 14.4 Å². The van der Waals surface area contributed by atoms with Crippen LogP contribution in [0.5, 0.6) is 0 Å². The van der Waals surface area contributed by atoms with Crippen LogP contribution in [0.2, 0.25) is 5.02 Å². The molecule has 32 heavy (non-hydrogen) atoms. The Morgan fingerprint density at radius 1 is 1.22 bits per heavy atom. The maximum atomic E-state index is 12.8. The number of benzene rings is 2. The summed E-state index contributed by atoms with van der Waals surface area (Å²) in [6.45, 7) is 1.47. The van der Waals surface area contributed by atoms with Crippen LogP contribution in [-0.4, -0.2) is 34.8 Å². The summed E-state index contributed by atoms with van der Waals surface area (Å²) < 4.78 is 6.37. The number of anilines is 1. The molecule has 0 spiro atoms. The number of ether oxygens (including phenoxy) is 1. The third kappa shape index (κ3) is 5.13. The molecule has 0 radical (unpaired) electrons. The predicted octanol–water partition coefficient (Wildman–Crippen LogP) is 2.93. The van der Waals surface area contributed by atoms with Crippen molar-refractivity contribution in [1.82, 2.24) is 9.78 Å². The molecular weight excluding hydrogens is 432 g/mol. The number of amides is 1. The molecule has 0 bridgehead atoms. The molecule has 1 amide bonds. The van der Waals surface area contributed by atoms with Crippen molar-refractivity contribution in [3.8, 4) is 6.07 Å². The summed E-state index contributed by atoms with van der Waals surface area (Å²) in [6, 6.07) is 14.0. The van der Waals surface area contributed by atoms with Crippen LogP contribution in [0.15, 0.2) is 47.3 Å². The van der Waals surface area contributed by atoms with Gasteiger partial charge < -0.3 is 9.64 Å². The molecule has 9 heteroatoms. The highest BCUT2D eigenvalue weighted by Gasteiger charge is 2.19. The maximum Gasteiger partial charge on any atom is 0.312 e. The Kier molecular flexibility index (Phi) is 7.23. The number of nitriles is 1. The lowest BCUT2D eigenvalue weighted by Gasteiger charge is -2.22. The number of halogens is 1.